The predicted molar refractivity (Wildman–Crippen MR) is 102 cm³/mol. The first kappa shape index (κ1) is 19.1. The minimum Gasteiger partial charge on any atom is -0.342 e. The lowest BCUT2D eigenvalue weighted by Gasteiger charge is -2.34. The van der Waals surface area contributed by atoms with E-state index < -0.39 is 0 Å². The third-order valence-corrected chi connectivity index (χ3v) is 5.70. The second-order valence-corrected chi connectivity index (χ2v) is 7.60. The third-order valence-electron chi connectivity index (χ3n) is 5.70. The van der Waals surface area contributed by atoms with Crippen molar-refractivity contribution in [1.82, 2.24) is 15.8 Å². The number of hydrogen-bond donors (Lipinski definition) is 2. The van der Waals surface area contributed by atoms with Gasteiger partial charge in [-0.1, -0.05) is 43.7 Å². The van der Waals surface area contributed by atoms with E-state index in [4.69, 9.17) is 0 Å². The van der Waals surface area contributed by atoms with E-state index in [1.54, 1.807) is 0 Å². The van der Waals surface area contributed by atoms with Crippen molar-refractivity contribution in [2.75, 3.05) is 19.6 Å². The van der Waals surface area contributed by atoms with Crippen LogP contribution in [-0.4, -0.2) is 42.3 Å². The van der Waals surface area contributed by atoms with Crippen LogP contribution >= 0.6 is 0 Å². The zero-order valence-corrected chi connectivity index (χ0v) is 15.7. The molecule has 0 bridgehead atoms. The molecule has 1 aromatic carbocycles. The van der Waals surface area contributed by atoms with Crippen LogP contribution in [0.25, 0.3) is 0 Å². The molecular formula is C21H31N3O2. The van der Waals surface area contributed by atoms with Gasteiger partial charge < -0.3 is 4.90 Å². The highest BCUT2D eigenvalue weighted by Crippen LogP contribution is 2.23. The predicted octanol–water partition coefficient (Wildman–Crippen LogP) is 2.32. The van der Waals surface area contributed by atoms with E-state index in [1.165, 1.54) is 5.56 Å². The van der Waals surface area contributed by atoms with Crippen LogP contribution in [0.4, 0.5) is 0 Å². The first-order valence-electron chi connectivity index (χ1n) is 10.0. The number of Topliss-reactive ketones (excluding diaryl/α,β-unsaturated/α-hetero) is 1. The average molecular weight is 357 g/mol. The summed E-state index contributed by atoms with van der Waals surface area (Å²) in [4.78, 5) is 27.6. The molecule has 1 aromatic rings. The van der Waals surface area contributed by atoms with Crippen LogP contribution in [0, 0.1) is 11.8 Å². The molecule has 142 valence electrons. The van der Waals surface area contributed by atoms with E-state index in [0.717, 1.165) is 38.6 Å². The Hall–Kier alpha value is -1.72. The fraction of sp³-hybridized carbons (Fsp3) is 0.619. The maximum Gasteiger partial charge on any atom is 0.228 e. The Morgan fingerprint density at radius 2 is 2.04 bits per heavy atom. The smallest absolute Gasteiger partial charge is 0.228 e. The van der Waals surface area contributed by atoms with E-state index >= 15 is 0 Å². The summed E-state index contributed by atoms with van der Waals surface area (Å²) >= 11 is 0. The van der Waals surface area contributed by atoms with Crippen molar-refractivity contribution in [3.05, 3.63) is 35.9 Å². The summed E-state index contributed by atoms with van der Waals surface area (Å²) in [5.74, 6) is 0.511. The molecule has 3 atom stereocenters. The summed E-state index contributed by atoms with van der Waals surface area (Å²) in [7, 11) is 0. The molecular weight excluding hydrogens is 326 g/mol. The molecule has 2 fully saturated rings. The summed E-state index contributed by atoms with van der Waals surface area (Å²) < 4.78 is 0. The van der Waals surface area contributed by atoms with Crippen molar-refractivity contribution in [3.63, 3.8) is 0 Å². The number of benzene rings is 1. The SMILES string of the molecule is CCCC1NNCC1C(=O)N1CCCC(C(=O)CCc2ccccc2)C1. The van der Waals surface area contributed by atoms with Crippen LogP contribution in [0.15, 0.2) is 30.3 Å². The van der Waals surface area contributed by atoms with E-state index in [2.05, 4.69) is 29.9 Å². The maximum atomic E-state index is 13.0. The zero-order chi connectivity index (χ0) is 18.4. The molecule has 26 heavy (non-hydrogen) atoms. The van der Waals surface area contributed by atoms with Crippen LogP contribution < -0.4 is 10.9 Å². The molecule has 3 unspecified atom stereocenters. The standard InChI is InChI=1S/C21H31N3O2/c1-2-7-19-18(14-22-23-19)21(26)24-13-6-10-17(15-24)20(25)12-11-16-8-4-3-5-9-16/h3-5,8-9,17-19,22-23H,2,6-7,10-15H2,1H3. The van der Waals surface area contributed by atoms with E-state index in [1.807, 2.05) is 23.1 Å². The fourth-order valence-electron chi connectivity index (χ4n) is 4.18. The minimum absolute atomic E-state index is 0.00311. The van der Waals surface area contributed by atoms with Crippen molar-refractivity contribution >= 4 is 11.7 Å². The first-order chi connectivity index (χ1) is 12.7. The average Bonchev–Trinajstić information content (AvgIpc) is 3.15. The van der Waals surface area contributed by atoms with Gasteiger partial charge in [-0.05, 0) is 31.2 Å². The van der Waals surface area contributed by atoms with Crippen LogP contribution in [-0.2, 0) is 16.0 Å². The molecule has 2 saturated heterocycles. The number of hydrogen-bond acceptors (Lipinski definition) is 4. The second-order valence-electron chi connectivity index (χ2n) is 7.60. The van der Waals surface area contributed by atoms with Gasteiger partial charge in [0.1, 0.15) is 5.78 Å². The number of piperidine rings is 1. The largest absolute Gasteiger partial charge is 0.342 e. The monoisotopic (exact) mass is 357 g/mol. The third kappa shape index (κ3) is 4.71. The van der Waals surface area contributed by atoms with Gasteiger partial charge in [0.25, 0.3) is 0 Å². The van der Waals surface area contributed by atoms with Gasteiger partial charge in [0.2, 0.25) is 5.91 Å². The van der Waals surface area contributed by atoms with Crippen LogP contribution in [0.3, 0.4) is 0 Å². The first-order valence-corrected chi connectivity index (χ1v) is 10.0. The zero-order valence-electron chi connectivity index (χ0n) is 15.7. The number of amides is 1. The summed E-state index contributed by atoms with van der Waals surface area (Å²) in [5, 5.41) is 0. The maximum absolute atomic E-state index is 13.0. The van der Waals surface area contributed by atoms with Gasteiger partial charge in [0.15, 0.2) is 0 Å². The minimum atomic E-state index is -0.00637. The number of carbonyl (C=O) groups excluding carboxylic acids is 2. The van der Waals surface area contributed by atoms with Crippen molar-refractivity contribution in [2.45, 2.75) is 51.5 Å². The highest BCUT2D eigenvalue weighted by Gasteiger charge is 2.37. The quantitative estimate of drug-likeness (QED) is 0.786. The number of nitrogens with zero attached hydrogens (tertiary/aromatic N) is 1. The molecule has 3 rings (SSSR count). The molecule has 5 heteroatoms. The normalized spacial score (nSPS) is 26.0. The number of nitrogens with one attached hydrogen (secondary N) is 2. The van der Waals surface area contributed by atoms with Gasteiger partial charge in [0.05, 0.1) is 5.92 Å². The number of rotatable bonds is 7. The van der Waals surface area contributed by atoms with Gasteiger partial charge in [0, 0.05) is 38.0 Å². The Bertz CT molecular complexity index is 605. The van der Waals surface area contributed by atoms with E-state index in [0.29, 0.717) is 25.3 Å². The lowest BCUT2D eigenvalue weighted by atomic mass is 9.89. The van der Waals surface area contributed by atoms with E-state index in [9.17, 15) is 9.59 Å². The van der Waals surface area contributed by atoms with E-state index in [-0.39, 0.29) is 23.8 Å². The number of hydrazine groups is 1. The lowest BCUT2D eigenvalue weighted by molar-refractivity contribution is -0.138. The van der Waals surface area contributed by atoms with Gasteiger partial charge in [-0.15, -0.1) is 0 Å². The van der Waals surface area contributed by atoms with Crippen molar-refractivity contribution < 1.29 is 9.59 Å². The van der Waals surface area contributed by atoms with Gasteiger partial charge in [-0.25, -0.2) is 0 Å². The molecule has 0 saturated carbocycles. The molecule has 0 aliphatic carbocycles. The highest BCUT2D eigenvalue weighted by atomic mass is 16.2. The Morgan fingerprint density at radius 3 is 2.81 bits per heavy atom. The molecule has 1 amide bonds. The number of ketones is 1. The summed E-state index contributed by atoms with van der Waals surface area (Å²) in [6, 6.07) is 10.4. The van der Waals surface area contributed by atoms with Gasteiger partial charge in [-0.2, -0.15) is 0 Å². The summed E-state index contributed by atoms with van der Waals surface area (Å²) in [6.07, 6.45) is 5.26. The van der Waals surface area contributed by atoms with Gasteiger partial charge >= 0.3 is 0 Å². The van der Waals surface area contributed by atoms with Gasteiger partial charge in [-0.3, -0.25) is 20.4 Å². The van der Waals surface area contributed by atoms with Crippen LogP contribution in [0.5, 0.6) is 0 Å². The molecule has 2 N–H and O–H groups in total. The Balaban J connectivity index is 1.53. The fourth-order valence-corrected chi connectivity index (χ4v) is 4.18. The molecule has 5 nitrogen and oxygen atoms in total. The topological polar surface area (TPSA) is 61.4 Å². The molecule has 0 aromatic heterocycles. The number of likely N-dealkylation sites (tertiary alicyclic amines) is 1. The molecule has 2 aliphatic heterocycles. The highest BCUT2D eigenvalue weighted by molar-refractivity contribution is 5.84. The Kier molecular flexibility index (Phi) is 6.80. The molecule has 2 heterocycles. The number of carbonyl (C=O) groups is 2. The Labute approximate surface area is 156 Å². The second kappa shape index (κ2) is 9.28. The summed E-state index contributed by atoms with van der Waals surface area (Å²) in [6.45, 7) is 4.22. The van der Waals surface area contributed by atoms with Crippen molar-refractivity contribution in [1.29, 1.82) is 0 Å². The van der Waals surface area contributed by atoms with Crippen molar-refractivity contribution in [3.8, 4) is 0 Å². The lowest BCUT2D eigenvalue weighted by Crippen LogP contribution is -2.47. The molecule has 2 aliphatic rings. The summed E-state index contributed by atoms with van der Waals surface area (Å²) in [5.41, 5.74) is 7.57. The van der Waals surface area contributed by atoms with Crippen LogP contribution in [0.2, 0.25) is 0 Å². The van der Waals surface area contributed by atoms with Crippen LogP contribution in [0.1, 0.15) is 44.6 Å². The molecule has 0 radical (unpaired) electrons. The van der Waals surface area contributed by atoms with Crippen molar-refractivity contribution in [2.24, 2.45) is 11.8 Å². The molecule has 0 spiro atoms. The number of aryl methyl sites for hydroxylation is 1. The Morgan fingerprint density at radius 1 is 1.23 bits per heavy atom.